The second-order valence-electron chi connectivity index (χ2n) is 9.33. The van der Waals surface area contributed by atoms with Gasteiger partial charge in [-0.15, -0.1) is 0 Å². The minimum absolute atomic E-state index is 0.0741. The summed E-state index contributed by atoms with van der Waals surface area (Å²) in [5, 5.41) is 0. The SMILES string of the molecule is CC1C(C)(C)C2CCCC3OC(C)(C)CC32C1(C)C. The van der Waals surface area contributed by atoms with Gasteiger partial charge in [-0.3, -0.25) is 0 Å². The predicted octanol–water partition coefficient (Wildman–Crippen LogP) is 5.04. The van der Waals surface area contributed by atoms with Crippen LogP contribution in [0.5, 0.6) is 0 Å². The third-order valence-electron chi connectivity index (χ3n) is 7.63. The lowest BCUT2D eigenvalue weighted by Crippen LogP contribution is -2.48. The molecule has 2 saturated carbocycles. The van der Waals surface area contributed by atoms with Gasteiger partial charge in [-0.2, -0.15) is 0 Å². The highest BCUT2D eigenvalue weighted by Gasteiger charge is 2.73. The van der Waals surface area contributed by atoms with Crippen LogP contribution in [0, 0.1) is 28.1 Å². The van der Waals surface area contributed by atoms with Crippen LogP contribution in [0.2, 0.25) is 0 Å². The standard InChI is InChI=1S/C18H32O/c1-12-16(4,5)13-9-8-10-14-18(13,17(12,6)7)11-15(2,3)19-14/h12-14H,8-11H2,1-7H3. The lowest BCUT2D eigenvalue weighted by atomic mass is 9.53. The Morgan fingerprint density at radius 2 is 1.58 bits per heavy atom. The largest absolute Gasteiger partial charge is 0.372 e. The van der Waals surface area contributed by atoms with E-state index in [9.17, 15) is 0 Å². The maximum absolute atomic E-state index is 6.53. The molecule has 0 bridgehead atoms. The molecule has 0 N–H and O–H groups in total. The first-order valence-electron chi connectivity index (χ1n) is 8.23. The van der Waals surface area contributed by atoms with Crippen LogP contribution in [-0.4, -0.2) is 11.7 Å². The van der Waals surface area contributed by atoms with Gasteiger partial charge in [0.05, 0.1) is 11.7 Å². The van der Waals surface area contributed by atoms with E-state index in [1.54, 1.807) is 0 Å². The topological polar surface area (TPSA) is 9.23 Å². The summed E-state index contributed by atoms with van der Waals surface area (Å²) in [6.45, 7) is 17.2. The second kappa shape index (κ2) is 3.59. The number of hydrogen-bond acceptors (Lipinski definition) is 1. The Labute approximate surface area is 119 Å². The molecule has 3 aliphatic rings. The van der Waals surface area contributed by atoms with Gasteiger partial charge in [0.1, 0.15) is 0 Å². The smallest absolute Gasteiger partial charge is 0.0647 e. The molecule has 110 valence electrons. The first kappa shape index (κ1) is 13.9. The quantitative estimate of drug-likeness (QED) is 0.595. The normalized spacial score (nSPS) is 49.7. The molecule has 4 atom stereocenters. The van der Waals surface area contributed by atoms with E-state index in [4.69, 9.17) is 4.74 Å². The maximum atomic E-state index is 6.53. The summed E-state index contributed by atoms with van der Waals surface area (Å²) in [6, 6.07) is 0. The number of ether oxygens (including phenoxy) is 1. The van der Waals surface area contributed by atoms with E-state index in [2.05, 4.69) is 48.5 Å². The minimum Gasteiger partial charge on any atom is -0.372 e. The highest BCUT2D eigenvalue weighted by Crippen LogP contribution is 2.75. The summed E-state index contributed by atoms with van der Waals surface area (Å²) in [6.07, 6.45) is 5.82. The monoisotopic (exact) mass is 264 g/mol. The summed E-state index contributed by atoms with van der Waals surface area (Å²) in [7, 11) is 0. The Bertz CT molecular complexity index is 392. The Morgan fingerprint density at radius 3 is 2.21 bits per heavy atom. The van der Waals surface area contributed by atoms with Crippen LogP contribution in [-0.2, 0) is 4.74 Å². The van der Waals surface area contributed by atoms with E-state index in [-0.39, 0.29) is 5.60 Å². The van der Waals surface area contributed by atoms with Crippen LogP contribution in [0.25, 0.3) is 0 Å². The first-order chi connectivity index (χ1) is 8.56. The number of rotatable bonds is 0. The fraction of sp³-hybridized carbons (Fsp3) is 1.00. The molecule has 1 saturated heterocycles. The molecule has 0 aromatic heterocycles. The van der Waals surface area contributed by atoms with Gasteiger partial charge in [0.25, 0.3) is 0 Å². The van der Waals surface area contributed by atoms with Crippen molar-refractivity contribution in [3.63, 3.8) is 0 Å². The van der Waals surface area contributed by atoms with E-state index in [0.717, 1.165) is 11.8 Å². The van der Waals surface area contributed by atoms with Crippen molar-refractivity contribution in [2.75, 3.05) is 0 Å². The molecule has 4 unspecified atom stereocenters. The van der Waals surface area contributed by atoms with Gasteiger partial charge in [0.2, 0.25) is 0 Å². The van der Waals surface area contributed by atoms with Crippen LogP contribution in [0.15, 0.2) is 0 Å². The lowest BCUT2D eigenvalue weighted by Gasteiger charge is -2.50. The average molecular weight is 264 g/mol. The third kappa shape index (κ3) is 1.46. The van der Waals surface area contributed by atoms with Crippen LogP contribution in [0.3, 0.4) is 0 Å². The second-order valence-corrected chi connectivity index (χ2v) is 9.33. The fourth-order valence-corrected chi connectivity index (χ4v) is 6.54. The molecule has 19 heavy (non-hydrogen) atoms. The van der Waals surface area contributed by atoms with Crippen LogP contribution in [0.4, 0.5) is 0 Å². The summed E-state index contributed by atoms with van der Waals surface area (Å²) in [4.78, 5) is 0. The lowest BCUT2D eigenvalue weighted by molar-refractivity contribution is -0.0916. The van der Waals surface area contributed by atoms with Gasteiger partial charge in [-0.25, -0.2) is 0 Å². The predicted molar refractivity (Wildman–Crippen MR) is 80.1 cm³/mol. The first-order valence-corrected chi connectivity index (χ1v) is 8.23. The summed E-state index contributed by atoms with van der Waals surface area (Å²) >= 11 is 0. The van der Waals surface area contributed by atoms with Crippen molar-refractivity contribution in [2.24, 2.45) is 28.1 Å². The molecule has 3 rings (SSSR count). The molecule has 2 aliphatic carbocycles. The zero-order valence-corrected chi connectivity index (χ0v) is 14.0. The van der Waals surface area contributed by atoms with Crippen molar-refractivity contribution in [1.29, 1.82) is 0 Å². The van der Waals surface area contributed by atoms with Crippen molar-refractivity contribution < 1.29 is 4.74 Å². The Morgan fingerprint density at radius 1 is 0.947 bits per heavy atom. The Kier molecular flexibility index (Phi) is 2.63. The molecule has 1 nitrogen and oxygen atoms in total. The molecule has 1 aliphatic heterocycles. The molecule has 1 heterocycles. The van der Waals surface area contributed by atoms with Gasteiger partial charge in [-0.1, -0.05) is 41.0 Å². The van der Waals surface area contributed by atoms with E-state index >= 15 is 0 Å². The van der Waals surface area contributed by atoms with E-state index < -0.39 is 0 Å². The summed E-state index contributed by atoms with van der Waals surface area (Å²) in [5.74, 6) is 1.61. The van der Waals surface area contributed by atoms with Crippen molar-refractivity contribution in [3.8, 4) is 0 Å². The fourth-order valence-electron chi connectivity index (χ4n) is 6.54. The van der Waals surface area contributed by atoms with Crippen molar-refractivity contribution in [3.05, 3.63) is 0 Å². The molecule has 1 heteroatoms. The summed E-state index contributed by atoms with van der Waals surface area (Å²) in [5.41, 5.74) is 1.33. The minimum atomic E-state index is 0.0741. The van der Waals surface area contributed by atoms with Crippen LogP contribution < -0.4 is 0 Å². The average Bonchev–Trinajstić information content (AvgIpc) is 2.62. The van der Waals surface area contributed by atoms with E-state index in [1.165, 1.54) is 25.7 Å². The van der Waals surface area contributed by atoms with Crippen molar-refractivity contribution in [1.82, 2.24) is 0 Å². The van der Waals surface area contributed by atoms with Crippen LogP contribution >= 0.6 is 0 Å². The zero-order chi connectivity index (χ0) is 14.3. The molecule has 0 aromatic carbocycles. The summed E-state index contributed by atoms with van der Waals surface area (Å²) < 4.78 is 6.53. The Balaban J connectivity index is 2.16. The maximum Gasteiger partial charge on any atom is 0.0647 e. The van der Waals surface area contributed by atoms with Crippen molar-refractivity contribution >= 4 is 0 Å². The van der Waals surface area contributed by atoms with E-state index in [0.29, 0.717) is 22.3 Å². The van der Waals surface area contributed by atoms with Crippen LogP contribution in [0.1, 0.15) is 74.1 Å². The number of hydrogen-bond donors (Lipinski definition) is 0. The molecular weight excluding hydrogens is 232 g/mol. The molecule has 0 aromatic rings. The molecule has 0 amide bonds. The highest BCUT2D eigenvalue weighted by atomic mass is 16.5. The molecule has 1 spiro atoms. The van der Waals surface area contributed by atoms with Gasteiger partial charge < -0.3 is 4.74 Å². The van der Waals surface area contributed by atoms with Gasteiger partial charge in [-0.05, 0) is 55.8 Å². The van der Waals surface area contributed by atoms with E-state index in [1.807, 2.05) is 0 Å². The molecule has 0 radical (unpaired) electrons. The molecular formula is C18H32O. The van der Waals surface area contributed by atoms with Gasteiger partial charge in [0, 0.05) is 5.41 Å². The highest BCUT2D eigenvalue weighted by molar-refractivity contribution is 5.20. The van der Waals surface area contributed by atoms with Gasteiger partial charge >= 0.3 is 0 Å². The molecule has 3 fully saturated rings. The zero-order valence-electron chi connectivity index (χ0n) is 14.0. The Hall–Kier alpha value is -0.0400. The van der Waals surface area contributed by atoms with Crippen molar-refractivity contribution in [2.45, 2.75) is 85.9 Å². The third-order valence-corrected chi connectivity index (χ3v) is 7.63. The van der Waals surface area contributed by atoms with Gasteiger partial charge in [0.15, 0.2) is 0 Å².